The van der Waals surface area contributed by atoms with Gasteiger partial charge in [-0.05, 0) is 89.4 Å². The second-order valence-corrected chi connectivity index (χ2v) is 14.4. The zero-order chi connectivity index (χ0) is 41.3. The molecule has 2 rings (SSSR count). The van der Waals surface area contributed by atoms with Gasteiger partial charge in [0.2, 0.25) is 29.5 Å². The van der Waals surface area contributed by atoms with Gasteiger partial charge in [0.1, 0.15) is 30.2 Å². The second kappa shape index (κ2) is 27.1. The minimum Gasteiger partial charge on any atom is -0.480 e. The summed E-state index contributed by atoms with van der Waals surface area (Å²) in [7, 11) is 0. The van der Waals surface area contributed by atoms with Gasteiger partial charge in [0.25, 0.3) is 0 Å². The van der Waals surface area contributed by atoms with Crippen LogP contribution in [0.1, 0.15) is 75.6 Å². The molecule has 0 radical (unpaired) electrons. The van der Waals surface area contributed by atoms with E-state index in [2.05, 4.69) is 46.5 Å². The number of thioether (sulfide) groups is 1. The number of aromatic nitrogens is 4. The van der Waals surface area contributed by atoms with Crippen molar-refractivity contribution in [1.29, 1.82) is 0 Å². The zero-order valence-corrected chi connectivity index (χ0v) is 32.9. The normalized spacial score (nSPS) is 14.4. The monoisotopic (exact) mass is 807 g/mol. The van der Waals surface area contributed by atoms with Crippen molar-refractivity contribution in [1.82, 2.24) is 46.5 Å². The number of aliphatic carboxylic acids is 1. The number of amides is 5. The average Bonchev–Trinajstić information content (AvgIpc) is 3.90. The molecule has 0 spiro atoms. The van der Waals surface area contributed by atoms with Crippen LogP contribution in [0.3, 0.4) is 0 Å². The number of imidazole rings is 2. The largest absolute Gasteiger partial charge is 0.480 e. The van der Waals surface area contributed by atoms with Crippen molar-refractivity contribution in [2.45, 2.75) is 113 Å². The van der Waals surface area contributed by atoms with Crippen molar-refractivity contribution >= 4 is 47.3 Å². The standard InChI is InChI=1S/C35H61N13O7S/c1-56-15-11-27(35(54)55)46-31(50)26(10-4-7-14-38)45-33(52)28(16-22-18-40-20-42-22)48-34(53)29(17-23-19-41-21-43-23)47-32(51)25(9-3-6-13-37)44-30(49)24(39)8-2-5-12-36/h18-21,24-29H,2-17,36-39H2,1H3,(H,40,42)(H,41,43)(H,44,49)(H,45,52)(H,46,50)(H,47,51)(H,48,53)(H,54,55)/t24-,25-,26-,27-,28-,29-/m0/s1. The number of aromatic amines is 2. The number of carbonyl (C=O) groups excluding carboxylic acids is 5. The minimum atomic E-state index is -1.28. The van der Waals surface area contributed by atoms with E-state index in [1.807, 2.05) is 6.26 Å². The first kappa shape index (κ1) is 47.6. The smallest absolute Gasteiger partial charge is 0.326 e. The van der Waals surface area contributed by atoms with E-state index in [9.17, 15) is 33.9 Å². The lowest BCUT2D eigenvalue weighted by molar-refractivity contribution is -0.142. The van der Waals surface area contributed by atoms with Crippen molar-refractivity contribution in [3.63, 3.8) is 0 Å². The number of carboxylic acids is 1. The fourth-order valence-corrected chi connectivity index (χ4v) is 6.15. The van der Waals surface area contributed by atoms with Crippen LogP contribution >= 0.6 is 11.8 Å². The molecule has 0 saturated carbocycles. The van der Waals surface area contributed by atoms with Crippen LogP contribution in [0, 0.1) is 0 Å². The maximum absolute atomic E-state index is 14.1. The van der Waals surface area contributed by atoms with Gasteiger partial charge in [0, 0.05) is 36.6 Å². The van der Waals surface area contributed by atoms with E-state index in [0.717, 1.165) is 0 Å². The van der Waals surface area contributed by atoms with Gasteiger partial charge < -0.3 is 64.6 Å². The molecule has 5 amide bonds. The lowest BCUT2D eigenvalue weighted by atomic mass is 10.0. The molecular weight excluding hydrogens is 747 g/mol. The number of carbonyl (C=O) groups is 6. The molecule has 314 valence electrons. The maximum Gasteiger partial charge on any atom is 0.326 e. The number of unbranched alkanes of at least 4 members (excludes halogenated alkanes) is 3. The molecule has 2 heterocycles. The lowest BCUT2D eigenvalue weighted by Gasteiger charge is -2.27. The number of rotatable bonds is 30. The van der Waals surface area contributed by atoms with Crippen LogP contribution in [0.2, 0.25) is 0 Å². The topological polar surface area (TPSA) is 344 Å². The molecule has 0 saturated heterocycles. The van der Waals surface area contributed by atoms with Gasteiger partial charge in [0.05, 0.1) is 18.7 Å². The maximum atomic E-state index is 14.1. The Morgan fingerprint density at radius 2 is 1.00 bits per heavy atom. The highest BCUT2D eigenvalue weighted by atomic mass is 32.2. The third-order valence-corrected chi connectivity index (χ3v) is 9.56. The second-order valence-electron chi connectivity index (χ2n) is 13.4. The highest BCUT2D eigenvalue weighted by Gasteiger charge is 2.33. The summed E-state index contributed by atoms with van der Waals surface area (Å²) in [6, 6.07) is -6.79. The average molecular weight is 808 g/mol. The van der Waals surface area contributed by atoms with Crippen LogP contribution < -0.4 is 49.5 Å². The van der Waals surface area contributed by atoms with Crippen LogP contribution in [0.4, 0.5) is 0 Å². The number of nitrogens with two attached hydrogens (primary N) is 4. The molecule has 0 aliphatic rings. The van der Waals surface area contributed by atoms with E-state index in [1.54, 1.807) is 0 Å². The Labute approximate surface area is 331 Å². The fraction of sp³-hybridized carbons (Fsp3) is 0.657. The SMILES string of the molecule is CSCC[C@H](NC(=O)[C@H](CCCCN)NC(=O)[C@H](Cc1cnc[nH]1)NC(=O)[C@H](Cc1cnc[nH]1)NC(=O)[C@H](CCCCN)NC(=O)[C@@H](N)CCCCN)C(=O)O. The highest BCUT2D eigenvalue weighted by Crippen LogP contribution is 2.10. The molecule has 0 aliphatic carbocycles. The van der Waals surface area contributed by atoms with Gasteiger partial charge in [-0.1, -0.05) is 6.42 Å². The van der Waals surface area contributed by atoms with Gasteiger partial charge in [-0.25, -0.2) is 14.8 Å². The van der Waals surface area contributed by atoms with Gasteiger partial charge in [-0.2, -0.15) is 11.8 Å². The molecule has 0 aliphatic heterocycles. The molecule has 56 heavy (non-hydrogen) atoms. The first-order chi connectivity index (χ1) is 26.9. The third kappa shape index (κ3) is 17.9. The Morgan fingerprint density at radius 1 is 0.607 bits per heavy atom. The molecule has 16 N–H and O–H groups in total. The summed E-state index contributed by atoms with van der Waals surface area (Å²) >= 11 is 1.43. The van der Waals surface area contributed by atoms with Crippen LogP contribution in [0.25, 0.3) is 0 Å². The van der Waals surface area contributed by atoms with Gasteiger partial charge >= 0.3 is 5.97 Å². The van der Waals surface area contributed by atoms with Crippen molar-refractivity contribution in [3.05, 3.63) is 36.4 Å². The number of carboxylic acid groups (broad SMARTS) is 1. The summed E-state index contributed by atoms with van der Waals surface area (Å²) in [4.78, 5) is 94.0. The third-order valence-electron chi connectivity index (χ3n) is 8.91. The molecule has 2 aromatic rings. The van der Waals surface area contributed by atoms with E-state index in [4.69, 9.17) is 22.9 Å². The zero-order valence-electron chi connectivity index (χ0n) is 32.1. The number of hydrogen-bond donors (Lipinski definition) is 12. The Hall–Kier alpha value is -4.57. The van der Waals surface area contributed by atoms with E-state index >= 15 is 0 Å². The van der Waals surface area contributed by atoms with Crippen molar-refractivity contribution in [2.75, 3.05) is 31.6 Å². The minimum absolute atomic E-state index is 0.0607. The molecule has 0 aromatic carbocycles. The summed E-state index contributed by atoms with van der Waals surface area (Å²) in [5, 5.41) is 23.1. The summed E-state index contributed by atoms with van der Waals surface area (Å²) < 4.78 is 0. The summed E-state index contributed by atoms with van der Waals surface area (Å²) in [6.45, 7) is 1.17. The quantitative estimate of drug-likeness (QED) is 0.0376. The molecule has 0 fully saturated rings. The number of H-pyrrole nitrogens is 2. The molecule has 0 bridgehead atoms. The Bertz CT molecular complexity index is 1470. The van der Waals surface area contributed by atoms with Crippen molar-refractivity contribution in [2.24, 2.45) is 22.9 Å². The Balaban J connectivity index is 2.36. The van der Waals surface area contributed by atoms with Crippen LogP contribution in [-0.2, 0) is 41.6 Å². The number of nitrogens with zero attached hydrogens (tertiary/aromatic N) is 2. The van der Waals surface area contributed by atoms with Crippen LogP contribution in [0.15, 0.2) is 25.0 Å². The van der Waals surface area contributed by atoms with Gasteiger partial charge in [0.15, 0.2) is 0 Å². The Morgan fingerprint density at radius 3 is 1.39 bits per heavy atom. The predicted molar refractivity (Wildman–Crippen MR) is 212 cm³/mol. The van der Waals surface area contributed by atoms with E-state index in [1.165, 1.54) is 36.8 Å². The molecule has 20 nitrogen and oxygen atoms in total. The Kier molecular flexibility index (Phi) is 23.0. The molecule has 6 atom stereocenters. The molecule has 0 unspecified atom stereocenters. The summed E-state index contributed by atoms with van der Waals surface area (Å²) in [5.41, 5.74) is 24.0. The lowest BCUT2D eigenvalue weighted by Crippen LogP contribution is -2.60. The summed E-state index contributed by atoms with van der Waals surface area (Å²) in [6.07, 6.45) is 11.8. The number of nitrogens with one attached hydrogen (secondary N) is 7. The van der Waals surface area contributed by atoms with Gasteiger partial charge in [-0.3, -0.25) is 24.0 Å². The first-order valence-electron chi connectivity index (χ1n) is 19.0. The highest BCUT2D eigenvalue weighted by molar-refractivity contribution is 7.98. The molecule has 2 aromatic heterocycles. The summed E-state index contributed by atoms with van der Waals surface area (Å²) in [5.74, 6) is -4.07. The van der Waals surface area contributed by atoms with Crippen molar-refractivity contribution < 1.29 is 33.9 Å². The van der Waals surface area contributed by atoms with Crippen molar-refractivity contribution in [3.8, 4) is 0 Å². The van der Waals surface area contributed by atoms with Crippen LogP contribution in [-0.4, -0.2) is 128 Å². The first-order valence-corrected chi connectivity index (χ1v) is 20.4. The van der Waals surface area contributed by atoms with E-state index < -0.39 is 71.8 Å². The molecule has 21 heteroatoms. The molecular formula is C35H61N13O7S. The van der Waals surface area contributed by atoms with E-state index in [-0.39, 0.29) is 32.1 Å². The predicted octanol–water partition coefficient (Wildman–Crippen LogP) is -2.11. The van der Waals surface area contributed by atoms with Crippen LogP contribution in [0.5, 0.6) is 0 Å². The van der Waals surface area contributed by atoms with E-state index in [0.29, 0.717) is 81.7 Å². The number of hydrogen-bond acceptors (Lipinski definition) is 13. The van der Waals surface area contributed by atoms with Gasteiger partial charge in [-0.15, -0.1) is 0 Å². The fourth-order valence-electron chi connectivity index (χ4n) is 5.68.